The highest BCUT2D eigenvalue weighted by atomic mass is 35.5. The van der Waals surface area contributed by atoms with Crippen molar-refractivity contribution in [1.29, 1.82) is 0 Å². The maximum atomic E-state index is 10.9. The number of sulfonamides is 1. The van der Waals surface area contributed by atoms with Gasteiger partial charge in [0.1, 0.15) is 0 Å². The Kier molecular flexibility index (Phi) is 2.70. The van der Waals surface area contributed by atoms with Gasteiger partial charge in [0.15, 0.2) is 0 Å². The van der Waals surface area contributed by atoms with Crippen LogP contribution >= 0.6 is 11.6 Å². The van der Waals surface area contributed by atoms with Gasteiger partial charge >= 0.3 is 0 Å². The molecule has 0 unspecified atom stereocenters. The maximum absolute atomic E-state index is 10.9. The first-order chi connectivity index (χ1) is 5.93. The van der Waals surface area contributed by atoms with Crippen molar-refractivity contribution in [3.63, 3.8) is 0 Å². The molecule has 0 atom stereocenters. The average Bonchev–Trinajstić information content (AvgIpc) is 2.03. The molecule has 0 saturated carbocycles. The molecule has 1 rings (SSSR count). The molecule has 0 aliphatic heterocycles. The second-order valence-electron chi connectivity index (χ2n) is 2.31. The zero-order chi connectivity index (χ0) is 10.1. The van der Waals surface area contributed by atoms with Crippen LogP contribution in [0.1, 0.15) is 10.4 Å². The largest absolute Gasteiger partial charge is 0.276 e. The van der Waals surface area contributed by atoms with Crippen molar-refractivity contribution in [3.8, 4) is 0 Å². The molecule has 2 N–H and O–H groups in total. The molecule has 0 saturated heterocycles. The van der Waals surface area contributed by atoms with Crippen LogP contribution in [0.3, 0.4) is 0 Å². The van der Waals surface area contributed by atoms with Crippen LogP contribution in [-0.4, -0.2) is 13.7 Å². The van der Waals surface area contributed by atoms with Crippen molar-refractivity contribution in [3.05, 3.63) is 29.8 Å². The van der Waals surface area contributed by atoms with E-state index in [2.05, 4.69) is 0 Å². The summed E-state index contributed by atoms with van der Waals surface area (Å²) in [4.78, 5) is 10.5. The molecule has 0 aromatic heterocycles. The van der Waals surface area contributed by atoms with Crippen LogP contribution in [0.2, 0.25) is 0 Å². The topological polar surface area (TPSA) is 77.2 Å². The van der Waals surface area contributed by atoms with Crippen molar-refractivity contribution >= 4 is 26.9 Å². The van der Waals surface area contributed by atoms with Crippen LogP contribution in [0, 0.1) is 0 Å². The highest BCUT2D eigenvalue weighted by molar-refractivity contribution is 7.89. The molecule has 0 aliphatic rings. The molecule has 4 nitrogen and oxygen atoms in total. The van der Waals surface area contributed by atoms with E-state index in [1.54, 1.807) is 0 Å². The number of primary sulfonamides is 1. The fourth-order valence-corrected chi connectivity index (χ4v) is 1.83. The molecule has 0 fully saturated rings. The van der Waals surface area contributed by atoms with Crippen molar-refractivity contribution in [2.45, 2.75) is 4.90 Å². The lowest BCUT2D eigenvalue weighted by Gasteiger charge is -2.01. The quantitative estimate of drug-likeness (QED) is 0.745. The molecular formula is C7H6ClNO3S. The second-order valence-corrected chi connectivity index (χ2v) is 4.19. The molecule has 0 aliphatic carbocycles. The third-order valence-corrected chi connectivity index (χ3v) is 2.58. The van der Waals surface area contributed by atoms with E-state index in [0.717, 1.165) is 0 Å². The lowest BCUT2D eigenvalue weighted by molar-refractivity contribution is 0.107. The molecule has 0 spiro atoms. The van der Waals surface area contributed by atoms with Gasteiger partial charge in [-0.3, -0.25) is 4.79 Å². The Hall–Kier alpha value is -0.910. The van der Waals surface area contributed by atoms with Crippen molar-refractivity contribution in [2.24, 2.45) is 5.14 Å². The Morgan fingerprint density at radius 1 is 1.31 bits per heavy atom. The first-order valence-corrected chi connectivity index (χ1v) is 5.17. The maximum Gasteiger partial charge on any atom is 0.253 e. The van der Waals surface area contributed by atoms with Gasteiger partial charge in [-0.15, -0.1) is 0 Å². The van der Waals surface area contributed by atoms with E-state index in [0.29, 0.717) is 0 Å². The molecule has 6 heteroatoms. The van der Waals surface area contributed by atoms with Gasteiger partial charge in [-0.05, 0) is 23.7 Å². The van der Waals surface area contributed by atoms with Crippen molar-refractivity contribution in [2.75, 3.05) is 0 Å². The van der Waals surface area contributed by atoms with Gasteiger partial charge in [-0.1, -0.05) is 12.1 Å². The van der Waals surface area contributed by atoms with E-state index in [1.165, 1.54) is 24.3 Å². The number of nitrogens with two attached hydrogens (primary N) is 1. The summed E-state index contributed by atoms with van der Waals surface area (Å²) in [5.74, 6) is 0. The molecule has 1 aromatic rings. The van der Waals surface area contributed by atoms with Crippen LogP contribution < -0.4 is 5.14 Å². The Balaban J connectivity index is 3.46. The van der Waals surface area contributed by atoms with Crippen LogP contribution in [0.25, 0.3) is 0 Å². The number of carbonyl (C=O) groups excluding carboxylic acids is 1. The lowest BCUT2D eigenvalue weighted by atomic mass is 10.2. The summed E-state index contributed by atoms with van der Waals surface area (Å²) in [5, 5.41) is 4.01. The van der Waals surface area contributed by atoms with Gasteiger partial charge in [-0.2, -0.15) is 0 Å². The molecular weight excluding hydrogens is 214 g/mol. The number of hydrogen-bond donors (Lipinski definition) is 1. The SMILES string of the molecule is NS(=O)(=O)c1ccccc1C(=O)Cl. The third kappa shape index (κ3) is 2.27. The third-order valence-electron chi connectivity index (χ3n) is 1.41. The molecule has 0 heterocycles. The minimum atomic E-state index is -3.88. The van der Waals surface area contributed by atoms with E-state index in [1.807, 2.05) is 0 Å². The van der Waals surface area contributed by atoms with Crippen molar-refractivity contribution in [1.82, 2.24) is 0 Å². The van der Waals surface area contributed by atoms with Crippen LogP contribution in [0.5, 0.6) is 0 Å². The molecule has 1 aromatic carbocycles. The van der Waals surface area contributed by atoms with Gasteiger partial charge < -0.3 is 0 Å². The Labute approximate surface area is 80.4 Å². The minimum Gasteiger partial charge on any atom is -0.276 e. The smallest absolute Gasteiger partial charge is 0.253 e. The Morgan fingerprint density at radius 3 is 2.23 bits per heavy atom. The van der Waals surface area contributed by atoms with Gasteiger partial charge in [-0.25, -0.2) is 13.6 Å². The molecule has 0 bridgehead atoms. The van der Waals surface area contributed by atoms with Gasteiger partial charge in [0.25, 0.3) is 5.24 Å². The van der Waals surface area contributed by atoms with E-state index in [4.69, 9.17) is 16.7 Å². The van der Waals surface area contributed by atoms with E-state index in [-0.39, 0.29) is 10.5 Å². The fourth-order valence-electron chi connectivity index (χ4n) is 0.877. The number of carbonyl (C=O) groups is 1. The normalized spacial score (nSPS) is 11.2. The molecule has 0 amide bonds. The Morgan fingerprint density at radius 2 is 1.85 bits per heavy atom. The highest BCUT2D eigenvalue weighted by Gasteiger charge is 2.16. The van der Waals surface area contributed by atoms with Crippen LogP contribution in [0.15, 0.2) is 29.2 Å². The summed E-state index contributed by atoms with van der Waals surface area (Å²) < 4.78 is 21.9. The van der Waals surface area contributed by atoms with Crippen molar-refractivity contribution < 1.29 is 13.2 Å². The lowest BCUT2D eigenvalue weighted by Crippen LogP contribution is -2.15. The number of hydrogen-bond acceptors (Lipinski definition) is 3. The van der Waals surface area contributed by atoms with E-state index in [9.17, 15) is 13.2 Å². The number of benzene rings is 1. The molecule has 13 heavy (non-hydrogen) atoms. The van der Waals surface area contributed by atoms with Gasteiger partial charge in [0.2, 0.25) is 10.0 Å². The second kappa shape index (κ2) is 3.45. The molecule has 70 valence electrons. The summed E-state index contributed by atoms with van der Waals surface area (Å²) in [5.41, 5.74) is -0.105. The Bertz CT molecular complexity index is 441. The number of rotatable bonds is 2. The fraction of sp³-hybridized carbons (Fsp3) is 0. The van der Waals surface area contributed by atoms with Gasteiger partial charge in [0.05, 0.1) is 10.5 Å². The first-order valence-electron chi connectivity index (χ1n) is 3.24. The van der Waals surface area contributed by atoms with Crippen LogP contribution in [0.4, 0.5) is 0 Å². The van der Waals surface area contributed by atoms with Crippen LogP contribution in [-0.2, 0) is 10.0 Å². The summed E-state index contributed by atoms with van der Waals surface area (Å²) in [7, 11) is -3.88. The summed E-state index contributed by atoms with van der Waals surface area (Å²) in [6.45, 7) is 0. The zero-order valence-electron chi connectivity index (χ0n) is 6.40. The summed E-state index contributed by atoms with van der Waals surface area (Å²) in [6, 6.07) is 5.49. The zero-order valence-corrected chi connectivity index (χ0v) is 7.97. The highest BCUT2D eigenvalue weighted by Crippen LogP contribution is 2.15. The summed E-state index contributed by atoms with van der Waals surface area (Å²) in [6.07, 6.45) is 0. The molecule has 0 radical (unpaired) electrons. The van der Waals surface area contributed by atoms with E-state index >= 15 is 0 Å². The monoisotopic (exact) mass is 219 g/mol. The first kappa shape index (κ1) is 10.2. The predicted octanol–water partition coefficient (Wildman–Crippen LogP) is 0.713. The number of halogens is 1. The van der Waals surface area contributed by atoms with E-state index < -0.39 is 15.3 Å². The summed E-state index contributed by atoms with van der Waals surface area (Å²) >= 11 is 5.16. The average molecular weight is 220 g/mol. The standard InChI is InChI=1S/C7H6ClNO3S/c8-7(10)5-3-1-2-4-6(5)13(9,11)12/h1-4H,(H2,9,11,12). The van der Waals surface area contributed by atoms with Gasteiger partial charge in [0, 0.05) is 0 Å². The minimum absolute atomic E-state index is 0.105. The predicted molar refractivity (Wildman–Crippen MR) is 48.0 cm³/mol.